The molecule has 1 N–H and O–H groups in total. The van der Waals surface area contributed by atoms with E-state index >= 15 is 0 Å². The molecule has 8 nitrogen and oxygen atoms in total. The number of amides is 1. The Balaban J connectivity index is 1.43. The van der Waals surface area contributed by atoms with E-state index in [2.05, 4.69) is 20.6 Å². The normalized spacial score (nSPS) is 21.5. The molecule has 24 heavy (non-hydrogen) atoms. The van der Waals surface area contributed by atoms with Crippen LogP contribution in [0.1, 0.15) is 36.8 Å². The Bertz CT molecular complexity index is 731. The summed E-state index contributed by atoms with van der Waals surface area (Å²) in [7, 11) is 0. The van der Waals surface area contributed by atoms with Gasteiger partial charge in [0.05, 0.1) is 17.4 Å². The highest BCUT2D eigenvalue weighted by molar-refractivity contribution is 5.93. The molecule has 128 valence electrons. The molecule has 8 heteroatoms. The lowest BCUT2D eigenvalue weighted by molar-refractivity contribution is -0.120. The average Bonchev–Trinajstić information content (AvgIpc) is 3.22. The standard InChI is InChI=1S/C16H22N6O2/c1-11-14(9-22(20-11)13-3-6-24-7-4-13)18-16(23)12-2-5-21-10-17-19-15(21)8-12/h9-10,12-13H,2-8H2,1H3,(H,18,23). The van der Waals surface area contributed by atoms with Crippen LogP contribution in [0.15, 0.2) is 12.5 Å². The summed E-state index contributed by atoms with van der Waals surface area (Å²) < 4.78 is 9.39. The molecule has 2 aliphatic rings. The van der Waals surface area contributed by atoms with Crippen LogP contribution >= 0.6 is 0 Å². The van der Waals surface area contributed by atoms with Crippen LogP contribution in [0.5, 0.6) is 0 Å². The van der Waals surface area contributed by atoms with Gasteiger partial charge in [0, 0.05) is 38.3 Å². The van der Waals surface area contributed by atoms with Crippen LogP contribution < -0.4 is 5.32 Å². The lowest BCUT2D eigenvalue weighted by Gasteiger charge is -2.22. The van der Waals surface area contributed by atoms with E-state index in [1.165, 1.54) is 0 Å². The molecular weight excluding hydrogens is 308 g/mol. The predicted molar refractivity (Wildman–Crippen MR) is 86.5 cm³/mol. The van der Waals surface area contributed by atoms with Crippen LogP contribution in [0.25, 0.3) is 0 Å². The van der Waals surface area contributed by atoms with E-state index in [1.54, 1.807) is 6.33 Å². The number of ether oxygens (including phenoxy) is 1. The fraction of sp³-hybridized carbons (Fsp3) is 0.625. The topological polar surface area (TPSA) is 86.9 Å². The maximum atomic E-state index is 12.6. The van der Waals surface area contributed by atoms with Crippen molar-refractivity contribution in [3.8, 4) is 0 Å². The first-order valence-electron chi connectivity index (χ1n) is 8.52. The zero-order valence-corrected chi connectivity index (χ0v) is 13.8. The molecule has 4 heterocycles. The molecule has 0 spiro atoms. The Morgan fingerprint density at radius 2 is 2.17 bits per heavy atom. The molecule has 0 saturated carbocycles. The summed E-state index contributed by atoms with van der Waals surface area (Å²) in [5.74, 6) is 0.863. The number of carbonyl (C=O) groups is 1. The molecule has 1 unspecified atom stereocenters. The van der Waals surface area contributed by atoms with E-state index in [9.17, 15) is 4.79 Å². The SMILES string of the molecule is Cc1nn(C2CCOCC2)cc1NC(=O)C1CCn2cnnc2C1. The van der Waals surface area contributed by atoms with Crippen LogP contribution in [0, 0.1) is 12.8 Å². The molecule has 0 aliphatic carbocycles. The van der Waals surface area contributed by atoms with Crippen molar-refractivity contribution in [1.29, 1.82) is 0 Å². The Morgan fingerprint density at radius 1 is 1.33 bits per heavy atom. The number of carbonyl (C=O) groups excluding carboxylic acids is 1. The van der Waals surface area contributed by atoms with Crippen LogP contribution in [-0.2, 0) is 22.5 Å². The summed E-state index contributed by atoms with van der Waals surface area (Å²) >= 11 is 0. The Morgan fingerprint density at radius 3 is 3.00 bits per heavy atom. The minimum atomic E-state index is -0.0625. The molecule has 0 bridgehead atoms. The van der Waals surface area contributed by atoms with E-state index in [0.29, 0.717) is 12.5 Å². The van der Waals surface area contributed by atoms with Gasteiger partial charge >= 0.3 is 0 Å². The van der Waals surface area contributed by atoms with E-state index < -0.39 is 0 Å². The smallest absolute Gasteiger partial charge is 0.228 e. The molecule has 0 radical (unpaired) electrons. The molecule has 2 aliphatic heterocycles. The summed E-state index contributed by atoms with van der Waals surface area (Å²) in [4.78, 5) is 12.6. The highest BCUT2D eigenvalue weighted by atomic mass is 16.5. The van der Waals surface area contributed by atoms with Crippen molar-refractivity contribution < 1.29 is 9.53 Å². The fourth-order valence-corrected chi connectivity index (χ4v) is 3.44. The van der Waals surface area contributed by atoms with Gasteiger partial charge in [-0.05, 0) is 26.2 Å². The highest BCUT2D eigenvalue weighted by Gasteiger charge is 2.27. The summed E-state index contributed by atoms with van der Waals surface area (Å²) in [5.41, 5.74) is 1.66. The van der Waals surface area contributed by atoms with Crippen molar-refractivity contribution in [2.24, 2.45) is 5.92 Å². The number of hydrogen-bond donors (Lipinski definition) is 1. The van der Waals surface area contributed by atoms with Crippen molar-refractivity contribution >= 4 is 11.6 Å². The summed E-state index contributed by atoms with van der Waals surface area (Å²) in [6.45, 7) is 4.27. The molecule has 4 rings (SSSR count). The van der Waals surface area contributed by atoms with Crippen molar-refractivity contribution in [1.82, 2.24) is 24.5 Å². The number of hydrogen-bond acceptors (Lipinski definition) is 5. The van der Waals surface area contributed by atoms with Crippen molar-refractivity contribution in [2.75, 3.05) is 18.5 Å². The van der Waals surface area contributed by atoms with Gasteiger partial charge in [0.1, 0.15) is 12.2 Å². The summed E-state index contributed by atoms with van der Waals surface area (Å²) in [6.07, 6.45) is 7.06. The second-order valence-electron chi connectivity index (χ2n) is 6.57. The predicted octanol–water partition coefficient (Wildman–Crippen LogP) is 1.34. The molecule has 0 aromatic carbocycles. The monoisotopic (exact) mass is 330 g/mol. The van der Waals surface area contributed by atoms with Crippen molar-refractivity contribution in [2.45, 2.75) is 45.2 Å². The largest absolute Gasteiger partial charge is 0.381 e. The molecule has 1 amide bonds. The van der Waals surface area contributed by atoms with Crippen molar-refractivity contribution in [3.05, 3.63) is 24.0 Å². The fourth-order valence-electron chi connectivity index (χ4n) is 3.44. The van der Waals surface area contributed by atoms with Gasteiger partial charge in [0.15, 0.2) is 0 Å². The van der Waals surface area contributed by atoms with Crippen molar-refractivity contribution in [3.63, 3.8) is 0 Å². The van der Waals surface area contributed by atoms with Crippen LogP contribution in [0.3, 0.4) is 0 Å². The zero-order valence-electron chi connectivity index (χ0n) is 13.8. The highest BCUT2D eigenvalue weighted by Crippen LogP contribution is 2.25. The minimum absolute atomic E-state index is 0.0406. The van der Waals surface area contributed by atoms with Gasteiger partial charge in [-0.15, -0.1) is 10.2 Å². The van der Waals surface area contributed by atoms with Gasteiger partial charge in [-0.3, -0.25) is 9.48 Å². The van der Waals surface area contributed by atoms with Gasteiger partial charge in [-0.1, -0.05) is 0 Å². The Hall–Kier alpha value is -2.22. The number of aryl methyl sites for hydroxylation is 2. The molecule has 2 aromatic heterocycles. The maximum Gasteiger partial charge on any atom is 0.228 e. The maximum absolute atomic E-state index is 12.6. The Labute approximate surface area is 140 Å². The van der Waals surface area contributed by atoms with E-state index in [1.807, 2.05) is 22.4 Å². The van der Waals surface area contributed by atoms with Gasteiger partial charge in [0.25, 0.3) is 0 Å². The van der Waals surface area contributed by atoms with E-state index in [-0.39, 0.29) is 11.8 Å². The number of aromatic nitrogens is 5. The van der Waals surface area contributed by atoms with E-state index in [0.717, 1.165) is 56.2 Å². The third kappa shape index (κ3) is 2.93. The number of nitrogens with one attached hydrogen (secondary N) is 1. The zero-order chi connectivity index (χ0) is 16.5. The first-order chi connectivity index (χ1) is 11.7. The van der Waals surface area contributed by atoms with Crippen LogP contribution in [0.2, 0.25) is 0 Å². The third-order valence-electron chi connectivity index (χ3n) is 4.95. The number of fused-ring (bicyclic) bond motifs is 1. The second kappa shape index (κ2) is 6.35. The number of anilines is 1. The van der Waals surface area contributed by atoms with Crippen LogP contribution in [-0.4, -0.2) is 43.7 Å². The lowest BCUT2D eigenvalue weighted by atomic mass is 9.97. The average molecular weight is 330 g/mol. The van der Waals surface area contributed by atoms with Gasteiger partial charge < -0.3 is 14.6 Å². The second-order valence-corrected chi connectivity index (χ2v) is 6.57. The van der Waals surface area contributed by atoms with Gasteiger partial charge in [0.2, 0.25) is 5.91 Å². The Kier molecular flexibility index (Phi) is 4.05. The molecular formula is C16H22N6O2. The lowest BCUT2D eigenvalue weighted by Crippen LogP contribution is -2.30. The van der Waals surface area contributed by atoms with E-state index in [4.69, 9.17) is 4.74 Å². The van der Waals surface area contributed by atoms with Gasteiger partial charge in [-0.25, -0.2) is 0 Å². The third-order valence-corrected chi connectivity index (χ3v) is 4.95. The first-order valence-corrected chi connectivity index (χ1v) is 8.52. The summed E-state index contributed by atoms with van der Waals surface area (Å²) in [6, 6.07) is 0.358. The van der Waals surface area contributed by atoms with Crippen LogP contribution in [0.4, 0.5) is 5.69 Å². The molecule has 1 atom stereocenters. The molecule has 1 saturated heterocycles. The number of rotatable bonds is 3. The number of nitrogens with zero attached hydrogens (tertiary/aromatic N) is 5. The molecule has 1 fully saturated rings. The first kappa shape index (κ1) is 15.3. The molecule has 2 aromatic rings. The summed E-state index contributed by atoms with van der Waals surface area (Å²) in [5, 5.41) is 15.6. The minimum Gasteiger partial charge on any atom is -0.381 e. The van der Waals surface area contributed by atoms with Gasteiger partial charge in [-0.2, -0.15) is 5.10 Å². The quantitative estimate of drug-likeness (QED) is 0.917.